The molecule has 2 nitrogen and oxygen atoms in total. The number of rotatable bonds is 5. The Balaban J connectivity index is 1.72. The minimum Gasteiger partial charge on any atom is -0.316 e. The lowest BCUT2D eigenvalue weighted by molar-refractivity contribution is 0.127. The minimum absolute atomic E-state index is 0.438. The van der Waals surface area contributed by atoms with Crippen LogP contribution in [-0.2, 0) is 0 Å². The van der Waals surface area contributed by atoms with Gasteiger partial charge in [0.15, 0.2) is 0 Å². The SMILES string of the molecule is CC1(CNCC(C)(C)C2CCCNC2)CCC1. The largest absolute Gasteiger partial charge is 0.316 e. The highest BCUT2D eigenvalue weighted by atomic mass is 14.9. The highest BCUT2D eigenvalue weighted by Crippen LogP contribution is 2.39. The quantitative estimate of drug-likeness (QED) is 0.769. The van der Waals surface area contributed by atoms with Gasteiger partial charge in [-0.25, -0.2) is 0 Å². The molecule has 0 aromatic carbocycles. The fourth-order valence-corrected chi connectivity index (χ4v) is 3.31. The molecular weight excluding hydrogens is 208 g/mol. The molecule has 0 aromatic rings. The minimum atomic E-state index is 0.438. The zero-order valence-corrected chi connectivity index (χ0v) is 11.9. The van der Waals surface area contributed by atoms with Crippen molar-refractivity contribution in [3.05, 3.63) is 0 Å². The van der Waals surface area contributed by atoms with Gasteiger partial charge < -0.3 is 10.6 Å². The Morgan fingerprint density at radius 3 is 2.59 bits per heavy atom. The van der Waals surface area contributed by atoms with Gasteiger partial charge in [-0.3, -0.25) is 0 Å². The van der Waals surface area contributed by atoms with Gasteiger partial charge in [-0.1, -0.05) is 27.2 Å². The summed E-state index contributed by atoms with van der Waals surface area (Å²) in [6, 6.07) is 0. The van der Waals surface area contributed by atoms with Crippen molar-refractivity contribution in [2.24, 2.45) is 16.7 Å². The van der Waals surface area contributed by atoms with E-state index in [1.54, 1.807) is 0 Å². The molecule has 1 aliphatic heterocycles. The third-order valence-corrected chi connectivity index (χ3v) is 5.10. The van der Waals surface area contributed by atoms with Crippen molar-refractivity contribution >= 4 is 0 Å². The average molecular weight is 238 g/mol. The molecule has 2 N–H and O–H groups in total. The molecule has 0 bridgehead atoms. The molecule has 0 aromatic heterocycles. The standard InChI is InChI=1S/C15H30N2/c1-14(2,13-6-4-9-16-10-13)11-17-12-15(3)7-5-8-15/h13,16-17H,4-12H2,1-3H3. The van der Waals surface area contributed by atoms with Crippen molar-refractivity contribution < 1.29 is 0 Å². The monoisotopic (exact) mass is 238 g/mol. The maximum atomic E-state index is 3.74. The lowest BCUT2D eigenvalue weighted by atomic mass is 9.70. The van der Waals surface area contributed by atoms with Crippen LogP contribution < -0.4 is 10.6 Å². The van der Waals surface area contributed by atoms with Crippen LogP contribution in [0.2, 0.25) is 0 Å². The van der Waals surface area contributed by atoms with Gasteiger partial charge >= 0.3 is 0 Å². The van der Waals surface area contributed by atoms with Crippen molar-refractivity contribution in [2.45, 2.75) is 52.9 Å². The molecule has 100 valence electrons. The van der Waals surface area contributed by atoms with E-state index >= 15 is 0 Å². The zero-order chi connectivity index (χ0) is 12.4. The molecule has 0 spiro atoms. The maximum absolute atomic E-state index is 3.74. The summed E-state index contributed by atoms with van der Waals surface area (Å²) < 4.78 is 0. The summed E-state index contributed by atoms with van der Waals surface area (Å²) >= 11 is 0. The van der Waals surface area contributed by atoms with Gasteiger partial charge in [-0.2, -0.15) is 0 Å². The molecule has 17 heavy (non-hydrogen) atoms. The first kappa shape index (κ1) is 13.4. The number of nitrogens with one attached hydrogen (secondary N) is 2. The molecule has 1 unspecified atom stereocenters. The van der Waals surface area contributed by atoms with Crippen LogP contribution in [-0.4, -0.2) is 26.2 Å². The fraction of sp³-hybridized carbons (Fsp3) is 1.00. The molecule has 2 fully saturated rings. The molecule has 2 heteroatoms. The van der Waals surface area contributed by atoms with Crippen LogP contribution in [0.3, 0.4) is 0 Å². The van der Waals surface area contributed by atoms with Crippen molar-refractivity contribution in [2.75, 3.05) is 26.2 Å². The summed E-state index contributed by atoms with van der Waals surface area (Å²) in [6.45, 7) is 12.1. The van der Waals surface area contributed by atoms with E-state index in [0.717, 1.165) is 5.92 Å². The predicted octanol–water partition coefficient (Wildman–Crippen LogP) is 2.79. The van der Waals surface area contributed by atoms with E-state index in [0.29, 0.717) is 10.8 Å². The van der Waals surface area contributed by atoms with Gasteiger partial charge in [0.1, 0.15) is 0 Å². The first-order valence-electron chi connectivity index (χ1n) is 7.43. The number of piperidine rings is 1. The fourth-order valence-electron chi connectivity index (χ4n) is 3.31. The van der Waals surface area contributed by atoms with E-state index in [9.17, 15) is 0 Å². The molecule has 0 amide bonds. The van der Waals surface area contributed by atoms with Gasteiger partial charge in [0, 0.05) is 13.1 Å². The van der Waals surface area contributed by atoms with Crippen LogP contribution >= 0.6 is 0 Å². The first-order valence-corrected chi connectivity index (χ1v) is 7.43. The van der Waals surface area contributed by atoms with E-state index < -0.39 is 0 Å². The van der Waals surface area contributed by atoms with Gasteiger partial charge in [0.2, 0.25) is 0 Å². The second kappa shape index (κ2) is 5.27. The molecule has 1 saturated heterocycles. The van der Waals surface area contributed by atoms with Crippen molar-refractivity contribution in [3.8, 4) is 0 Å². The Morgan fingerprint density at radius 1 is 1.29 bits per heavy atom. The molecule has 2 rings (SSSR count). The van der Waals surface area contributed by atoms with Crippen LogP contribution in [0.4, 0.5) is 0 Å². The van der Waals surface area contributed by atoms with Gasteiger partial charge in [-0.05, 0) is 55.5 Å². The lowest BCUT2D eigenvalue weighted by Crippen LogP contribution is -2.46. The third kappa shape index (κ3) is 3.45. The van der Waals surface area contributed by atoms with E-state index in [1.807, 2.05) is 0 Å². The predicted molar refractivity (Wildman–Crippen MR) is 74.2 cm³/mol. The Kier molecular flexibility index (Phi) is 4.14. The van der Waals surface area contributed by atoms with E-state index in [2.05, 4.69) is 31.4 Å². The summed E-state index contributed by atoms with van der Waals surface area (Å²) in [5, 5.41) is 7.28. The van der Waals surface area contributed by atoms with E-state index in [1.165, 1.54) is 58.3 Å². The number of hydrogen-bond acceptors (Lipinski definition) is 2. The Hall–Kier alpha value is -0.0800. The first-order chi connectivity index (χ1) is 8.02. The topological polar surface area (TPSA) is 24.1 Å². The smallest absolute Gasteiger partial charge is 0.000588 e. The molecule has 1 saturated carbocycles. The lowest BCUT2D eigenvalue weighted by Gasteiger charge is -2.41. The second-order valence-corrected chi connectivity index (χ2v) is 7.30. The van der Waals surface area contributed by atoms with Crippen LogP contribution in [0.5, 0.6) is 0 Å². The third-order valence-electron chi connectivity index (χ3n) is 5.10. The number of hydrogen-bond donors (Lipinski definition) is 2. The zero-order valence-electron chi connectivity index (χ0n) is 11.9. The molecule has 0 radical (unpaired) electrons. The Morgan fingerprint density at radius 2 is 2.06 bits per heavy atom. The van der Waals surface area contributed by atoms with Gasteiger partial charge in [0.25, 0.3) is 0 Å². The second-order valence-electron chi connectivity index (χ2n) is 7.30. The normalized spacial score (nSPS) is 28.8. The van der Waals surface area contributed by atoms with Crippen molar-refractivity contribution in [1.29, 1.82) is 0 Å². The molecule has 2 aliphatic rings. The molecule has 1 heterocycles. The molecule has 1 aliphatic carbocycles. The maximum Gasteiger partial charge on any atom is 0.000588 e. The Bertz CT molecular complexity index is 237. The highest BCUT2D eigenvalue weighted by molar-refractivity contribution is 4.88. The molecule has 1 atom stereocenters. The van der Waals surface area contributed by atoms with Crippen molar-refractivity contribution in [1.82, 2.24) is 10.6 Å². The van der Waals surface area contributed by atoms with Crippen molar-refractivity contribution in [3.63, 3.8) is 0 Å². The van der Waals surface area contributed by atoms with Crippen LogP contribution in [0.1, 0.15) is 52.9 Å². The van der Waals surface area contributed by atoms with Crippen LogP contribution in [0, 0.1) is 16.7 Å². The molecular formula is C15H30N2. The summed E-state index contributed by atoms with van der Waals surface area (Å²) in [7, 11) is 0. The van der Waals surface area contributed by atoms with E-state index in [-0.39, 0.29) is 0 Å². The average Bonchev–Trinajstić information content (AvgIpc) is 2.28. The summed E-state index contributed by atoms with van der Waals surface area (Å²) in [5.74, 6) is 0.845. The Labute approximate surface area is 107 Å². The van der Waals surface area contributed by atoms with E-state index in [4.69, 9.17) is 0 Å². The summed E-state index contributed by atoms with van der Waals surface area (Å²) in [5.41, 5.74) is 1.05. The summed E-state index contributed by atoms with van der Waals surface area (Å²) in [6.07, 6.45) is 7.04. The van der Waals surface area contributed by atoms with Crippen LogP contribution in [0.15, 0.2) is 0 Å². The van der Waals surface area contributed by atoms with Crippen LogP contribution in [0.25, 0.3) is 0 Å². The highest BCUT2D eigenvalue weighted by Gasteiger charge is 2.34. The summed E-state index contributed by atoms with van der Waals surface area (Å²) in [4.78, 5) is 0. The van der Waals surface area contributed by atoms with Gasteiger partial charge in [0.05, 0.1) is 0 Å². The van der Waals surface area contributed by atoms with Gasteiger partial charge in [-0.15, -0.1) is 0 Å².